The number of rotatable bonds is 6. The Balaban J connectivity index is 2.60. The number of nitrogens with two attached hydrogens (primary N) is 1. The molecule has 1 aromatic rings. The quantitative estimate of drug-likeness (QED) is 0.562. The lowest BCUT2D eigenvalue weighted by Gasteiger charge is -2.16. The molecule has 0 aliphatic rings. The van der Waals surface area contributed by atoms with E-state index in [0.29, 0.717) is 6.54 Å². The standard InChI is InChI=1S/C14H20N2/c1-3-5-10-16-14(11-15)13-8-6-12(4-2)7-9-13/h1,6-9,14,16H,4-5,10-11,15H2,2H3. The molecule has 0 saturated heterocycles. The molecule has 0 spiro atoms. The lowest BCUT2D eigenvalue weighted by Crippen LogP contribution is -2.28. The van der Waals surface area contributed by atoms with Crippen LogP contribution in [0.5, 0.6) is 0 Å². The van der Waals surface area contributed by atoms with Crippen molar-refractivity contribution in [3.05, 3.63) is 35.4 Å². The van der Waals surface area contributed by atoms with E-state index >= 15 is 0 Å². The third kappa shape index (κ3) is 3.69. The minimum absolute atomic E-state index is 0.208. The lowest BCUT2D eigenvalue weighted by atomic mass is 10.0. The Hall–Kier alpha value is -1.30. The van der Waals surface area contributed by atoms with E-state index in [1.165, 1.54) is 11.1 Å². The summed E-state index contributed by atoms with van der Waals surface area (Å²) in [7, 11) is 0. The first-order chi connectivity index (χ1) is 7.81. The molecule has 0 heterocycles. The summed E-state index contributed by atoms with van der Waals surface area (Å²) in [5.74, 6) is 2.61. The highest BCUT2D eigenvalue weighted by Gasteiger charge is 2.07. The van der Waals surface area contributed by atoms with E-state index < -0.39 is 0 Å². The van der Waals surface area contributed by atoms with Gasteiger partial charge in [0.15, 0.2) is 0 Å². The first-order valence-electron chi connectivity index (χ1n) is 5.77. The molecular weight excluding hydrogens is 196 g/mol. The first-order valence-corrected chi connectivity index (χ1v) is 5.77. The molecule has 0 radical (unpaired) electrons. The number of terminal acetylenes is 1. The van der Waals surface area contributed by atoms with Crippen LogP contribution in [0.4, 0.5) is 0 Å². The number of nitrogens with one attached hydrogen (secondary N) is 1. The van der Waals surface area contributed by atoms with Crippen molar-refractivity contribution in [2.75, 3.05) is 13.1 Å². The van der Waals surface area contributed by atoms with Crippen LogP contribution in [0.2, 0.25) is 0 Å². The van der Waals surface area contributed by atoms with E-state index in [1.54, 1.807) is 0 Å². The smallest absolute Gasteiger partial charge is 0.0444 e. The van der Waals surface area contributed by atoms with Gasteiger partial charge in [-0.25, -0.2) is 0 Å². The Morgan fingerprint density at radius 3 is 2.56 bits per heavy atom. The van der Waals surface area contributed by atoms with Gasteiger partial charge in [0.2, 0.25) is 0 Å². The van der Waals surface area contributed by atoms with Gasteiger partial charge in [0.1, 0.15) is 0 Å². The predicted octanol–water partition coefficient (Wildman–Crippen LogP) is 1.86. The van der Waals surface area contributed by atoms with E-state index in [2.05, 4.69) is 42.4 Å². The minimum atomic E-state index is 0.208. The van der Waals surface area contributed by atoms with Crippen molar-refractivity contribution in [2.24, 2.45) is 5.73 Å². The molecule has 0 bridgehead atoms. The number of aryl methyl sites for hydroxylation is 1. The largest absolute Gasteiger partial charge is 0.329 e. The average Bonchev–Trinajstić information content (AvgIpc) is 2.35. The van der Waals surface area contributed by atoms with Crippen LogP contribution >= 0.6 is 0 Å². The van der Waals surface area contributed by atoms with Crippen LogP contribution in [0, 0.1) is 12.3 Å². The third-order valence-electron chi connectivity index (χ3n) is 2.69. The van der Waals surface area contributed by atoms with Gasteiger partial charge in [0.05, 0.1) is 0 Å². The van der Waals surface area contributed by atoms with Crippen LogP contribution in [0.25, 0.3) is 0 Å². The van der Waals surface area contributed by atoms with E-state index in [9.17, 15) is 0 Å². The zero-order valence-electron chi connectivity index (χ0n) is 9.87. The number of hydrogen-bond acceptors (Lipinski definition) is 2. The summed E-state index contributed by atoms with van der Waals surface area (Å²) in [6.07, 6.45) is 7.02. The van der Waals surface area contributed by atoms with E-state index in [-0.39, 0.29) is 6.04 Å². The average molecular weight is 216 g/mol. The highest BCUT2D eigenvalue weighted by atomic mass is 14.9. The zero-order chi connectivity index (χ0) is 11.8. The molecule has 1 aromatic carbocycles. The molecule has 2 heteroatoms. The van der Waals surface area contributed by atoms with Gasteiger partial charge in [-0.2, -0.15) is 0 Å². The fraction of sp³-hybridized carbons (Fsp3) is 0.429. The molecule has 0 amide bonds. The van der Waals surface area contributed by atoms with E-state index in [4.69, 9.17) is 12.2 Å². The summed E-state index contributed by atoms with van der Waals surface area (Å²) in [4.78, 5) is 0. The molecule has 1 atom stereocenters. The van der Waals surface area contributed by atoms with Crippen LogP contribution in [0.1, 0.15) is 30.5 Å². The second-order valence-corrected chi connectivity index (χ2v) is 3.79. The summed E-state index contributed by atoms with van der Waals surface area (Å²) in [5, 5.41) is 3.36. The maximum Gasteiger partial charge on any atom is 0.0444 e. The van der Waals surface area contributed by atoms with Gasteiger partial charge in [-0.15, -0.1) is 12.3 Å². The number of hydrogen-bond donors (Lipinski definition) is 2. The van der Waals surface area contributed by atoms with Crippen LogP contribution in [0.3, 0.4) is 0 Å². The Labute approximate surface area is 98.2 Å². The van der Waals surface area contributed by atoms with Crippen molar-refractivity contribution < 1.29 is 0 Å². The van der Waals surface area contributed by atoms with Crippen molar-refractivity contribution in [1.29, 1.82) is 0 Å². The second-order valence-electron chi connectivity index (χ2n) is 3.79. The van der Waals surface area contributed by atoms with Crippen molar-refractivity contribution in [3.63, 3.8) is 0 Å². The maximum atomic E-state index is 5.74. The fourth-order valence-electron chi connectivity index (χ4n) is 1.64. The first kappa shape index (κ1) is 12.8. The summed E-state index contributed by atoms with van der Waals surface area (Å²) >= 11 is 0. The maximum absolute atomic E-state index is 5.74. The Bertz CT molecular complexity index is 335. The third-order valence-corrected chi connectivity index (χ3v) is 2.69. The monoisotopic (exact) mass is 216 g/mol. The summed E-state index contributed by atoms with van der Waals surface area (Å²) in [6.45, 7) is 3.56. The Morgan fingerprint density at radius 1 is 1.38 bits per heavy atom. The van der Waals surface area contributed by atoms with Crippen LogP contribution < -0.4 is 11.1 Å². The van der Waals surface area contributed by atoms with Gasteiger partial charge < -0.3 is 11.1 Å². The minimum Gasteiger partial charge on any atom is -0.329 e. The molecule has 0 saturated carbocycles. The molecule has 16 heavy (non-hydrogen) atoms. The predicted molar refractivity (Wildman–Crippen MR) is 69.1 cm³/mol. The molecule has 0 aliphatic carbocycles. The van der Waals surface area contributed by atoms with Gasteiger partial charge in [0, 0.05) is 25.6 Å². The summed E-state index contributed by atoms with van der Waals surface area (Å²) < 4.78 is 0. The Morgan fingerprint density at radius 2 is 2.06 bits per heavy atom. The van der Waals surface area contributed by atoms with Crippen LogP contribution in [0.15, 0.2) is 24.3 Å². The highest BCUT2D eigenvalue weighted by molar-refractivity contribution is 5.25. The van der Waals surface area contributed by atoms with Crippen molar-refractivity contribution >= 4 is 0 Å². The van der Waals surface area contributed by atoms with Crippen LogP contribution in [-0.4, -0.2) is 13.1 Å². The van der Waals surface area contributed by atoms with Crippen molar-refractivity contribution in [2.45, 2.75) is 25.8 Å². The summed E-state index contributed by atoms with van der Waals surface area (Å²) in [5.41, 5.74) is 8.33. The van der Waals surface area contributed by atoms with Gasteiger partial charge in [-0.05, 0) is 17.5 Å². The molecule has 86 valence electrons. The molecule has 1 unspecified atom stereocenters. The summed E-state index contributed by atoms with van der Waals surface area (Å²) in [6, 6.07) is 8.79. The molecule has 0 aromatic heterocycles. The van der Waals surface area contributed by atoms with Crippen molar-refractivity contribution in [1.82, 2.24) is 5.32 Å². The lowest BCUT2D eigenvalue weighted by molar-refractivity contribution is 0.550. The zero-order valence-corrected chi connectivity index (χ0v) is 9.87. The number of benzene rings is 1. The topological polar surface area (TPSA) is 38.0 Å². The van der Waals surface area contributed by atoms with E-state index in [0.717, 1.165) is 19.4 Å². The van der Waals surface area contributed by atoms with Gasteiger partial charge >= 0.3 is 0 Å². The van der Waals surface area contributed by atoms with Gasteiger partial charge in [0.25, 0.3) is 0 Å². The SMILES string of the molecule is C#CCCNC(CN)c1ccc(CC)cc1. The molecule has 2 nitrogen and oxygen atoms in total. The molecular formula is C14H20N2. The highest BCUT2D eigenvalue weighted by Crippen LogP contribution is 2.13. The molecule has 3 N–H and O–H groups in total. The van der Waals surface area contributed by atoms with Crippen LogP contribution in [-0.2, 0) is 6.42 Å². The van der Waals surface area contributed by atoms with Gasteiger partial charge in [-0.1, -0.05) is 31.2 Å². The molecule has 0 aliphatic heterocycles. The molecule has 0 fully saturated rings. The van der Waals surface area contributed by atoms with Gasteiger partial charge in [-0.3, -0.25) is 0 Å². The van der Waals surface area contributed by atoms with Crippen molar-refractivity contribution in [3.8, 4) is 12.3 Å². The normalized spacial score (nSPS) is 12.1. The fourth-order valence-corrected chi connectivity index (χ4v) is 1.64. The Kier molecular flexibility index (Phi) is 5.63. The molecule has 1 rings (SSSR count). The second kappa shape index (κ2) is 7.05. The van der Waals surface area contributed by atoms with E-state index in [1.807, 2.05) is 0 Å².